The first kappa shape index (κ1) is 16.5. The highest BCUT2D eigenvalue weighted by atomic mass is 79.9. The zero-order chi connectivity index (χ0) is 15.5. The van der Waals surface area contributed by atoms with Crippen LogP contribution in [-0.2, 0) is 26.7 Å². The Balaban J connectivity index is 2.98. The molecule has 1 aromatic heterocycles. The zero-order valence-electron chi connectivity index (χ0n) is 10.1. The van der Waals surface area contributed by atoms with Gasteiger partial charge in [-0.15, -0.1) is 5.10 Å². The average molecular weight is 371 g/mol. The Hall–Kier alpha value is -1.53. The van der Waals surface area contributed by atoms with Crippen molar-refractivity contribution in [2.75, 3.05) is 0 Å². The summed E-state index contributed by atoms with van der Waals surface area (Å²) in [6, 6.07) is -1.56. The maximum Gasteiger partial charge on any atom is 0.321 e. The Kier molecular flexibility index (Phi) is 5.19. The van der Waals surface area contributed by atoms with E-state index in [4.69, 9.17) is 10.2 Å². The van der Waals surface area contributed by atoms with E-state index >= 15 is 0 Å². The van der Waals surface area contributed by atoms with Crippen LogP contribution in [0.5, 0.6) is 0 Å². The van der Waals surface area contributed by atoms with Gasteiger partial charge in [-0.3, -0.25) is 9.59 Å². The summed E-state index contributed by atoms with van der Waals surface area (Å²) in [6.45, 7) is 0. The van der Waals surface area contributed by atoms with Crippen molar-refractivity contribution in [1.82, 2.24) is 19.7 Å². The van der Waals surface area contributed by atoms with E-state index in [0.29, 0.717) is 0 Å². The molecule has 12 heteroatoms. The second-order valence-corrected chi connectivity index (χ2v) is 6.13. The molecular weight excluding hydrogens is 360 g/mol. The summed E-state index contributed by atoms with van der Waals surface area (Å²) in [7, 11) is -2.88. The van der Waals surface area contributed by atoms with Crippen LogP contribution in [0.15, 0.2) is 9.63 Å². The van der Waals surface area contributed by atoms with Crippen molar-refractivity contribution in [3.05, 3.63) is 4.60 Å². The number of halogens is 1. The molecule has 0 saturated carbocycles. The lowest BCUT2D eigenvalue weighted by Gasteiger charge is -2.13. The fraction of sp³-hybridized carbons (Fsp3) is 0.500. The second kappa shape index (κ2) is 6.28. The first-order valence-corrected chi connectivity index (χ1v) is 7.45. The molecule has 0 spiro atoms. The average Bonchev–Trinajstić information content (AvgIpc) is 2.64. The Morgan fingerprint density at radius 2 is 2.05 bits per heavy atom. The number of rotatable bonds is 7. The fourth-order valence-corrected chi connectivity index (χ4v) is 3.67. The Labute approximate surface area is 122 Å². The number of hydrogen-bond acceptors (Lipinski definition) is 6. The molecule has 0 aliphatic carbocycles. The highest BCUT2D eigenvalue weighted by molar-refractivity contribution is 9.10. The van der Waals surface area contributed by atoms with E-state index in [2.05, 4.69) is 26.2 Å². The normalized spacial score (nSPS) is 13.1. The molecule has 0 aliphatic rings. The third kappa shape index (κ3) is 3.98. The summed E-state index contributed by atoms with van der Waals surface area (Å²) < 4.78 is 26.9. The number of nitrogens with one attached hydrogen (secondary N) is 1. The molecule has 0 bridgehead atoms. The maximum atomic E-state index is 12.0. The van der Waals surface area contributed by atoms with Gasteiger partial charge in [0.15, 0.2) is 4.60 Å². The van der Waals surface area contributed by atoms with Gasteiger partial charge < -0.3 is 10.2 Å². The van der Waals surface area contributed by atoms with E-state index in [1.165, 1.54) is 7.05 Å². The molecule has 1 aromatic rings. The predicted octanol–water partition coefficient (Wildman–Crippen LogP) is -0.826. The van der Waals surface area contributed by atoms with Gasteiger partial charge in [0, 0.05) is 13.5 Å². The van der Waals surface area contributed by atoms with Gasteiger partial charge in [-0.05, 0) is 22.4 Å². The number of aryl methyl sites for hydroxylation is 1. The predicted molar refractivity (Wildman–Crippen MR) is 67.3 cm³/mol. The van der Waals surface area contributed by atoms with E-state index in [0.717, 1.165) is 4.68 Å². The number of aromatic nitrogens is 3. The first-order valence-electron chi connectivity index (χ1n) is 5.17. The van der Waals surface area contributed by atoms with Crippen LogP contribution in [0.4, 0.5) is 0 Å². The van der Waals surface area contributed by atoms with Gasteiger partial charge >= 0.3 is 11.9 Å². The lowest BCUT2D eigenvalue weighted by atomic mass is 10.2. The first-order chi connectivity index (χ1) is 9.15. The Bertz CT molecular complexity index is 607. The van der Waals surface area contributed by atoms with Gasteiger partial charge in [0.1, 0.15) is 6.04 Å². The Morgan fingerprint density at radius 3 is 2.45 bits per heavy atom. The lowest BCUT2D eigenvalue weighted by molar-refractivity contribution is -0.140. The molecule has 112 valence electrons. The third-order valence-corrected chi connectivity index (χ3v) is 4.59. The highest BCUT2D eigenvalue weighted by Crippen LogP contribution is 2.18. The molecule has 1 unspecified atom stereocenters. The summed E-state index contributed by atoms with van der Waals surface area (Å²) in [6.07, 6.45) is -0.864. The Morgan fingerprint density at radius 1 is 1.45 bits per heavy atom. The van der Waals surface area contributed by atoms with Crippen LogP contribution in [0.25, 0.3) is 0 Å². The molecule has 10 nitrogen and oxygen atoms in total. The number of nitrogens with zero attached hydrogens (tertiary/aromatic N) is 3. The van der Waals surface area contributed by atoms with Crippen LogP contribution in [0.1, 0.15) is 12.8 Å². The van der Waals surface area contributed by atoms with Crippen LogP contribution in [-0.4, -0.2) is 51.6 Å². The van der Waals surface area contributed by atoms with E-state index in [9.17, 15) is 18.0 Å². The topological polar surface area (TPSA) is 151 Å². The summed E-state index contributed by atoms with van der Waals surface area (Å²) in [5, 5.41) is 24.0. The van der Waals surface area contributed by atoms with Crippen molar-refractivity contribution in [2.24, 2.45) is 7.05 Å². The monoisotopic (exact) mass is 370 g/mol. The molecule has 1 atom stereocenters. The SMILES string of the molecule is Cn1nnc(Br)c1S(=O)(=O)NC(CCC(=O)O)C(=O)O. The number of sulfonamides is 1. The van der Waals surface area contributed by atoms with Crippen molar-refractivity contribution in [2.45, 2.75) is 23.9 Å². The molecular formula is C8H11BrN4O6S. The molecule has 0 aliphatic heterocycles. The maximum absolute atomic E-state index is 12.0. The molecule has 0 amide bonds. The minimum atomic E-state index is -4.20. The van der Waals surface area contributed by atoms with Crippen LogP contribution in [0.3, 0.4) is 0 Å². The molecule has 20 heavy (non-hydrogen) atoms. The van der Waals surface area contributed by atoms with Gasteiger partial charge in [0.25, 0.3) is 10.0 Å². The van der Waals surface area contributed by atoms with Gasteiger partial charge in [0.2, 0.25) is 5.03 Å². The van der Waals surface area contributed by atoms with E-state index in [1.807, 2.05) is 4.72 Å². The number of carboxylic acids is 2. The number of hydrogen-bond donors (Lipinski definition) is 3. The van der Waals surface area contributed by atoms with Crippen molar-refractivity contribution in [3.8, 4) is 0 Å². The highest BCUT2D eigenvalue weighted by Gasteiger charge is 2.30. The summed E-state index contributed by atoms with van der Waals surface area (Å²) in [5.74, 6) is -2.69. The molecule has 0 radical (unpaired) electrons. The van der Waals surface area contributed by atoms with Gasteiger partial charge in [-0.25, -0.2) is 13.1 Å². The summed E-state index contributed by atoms with van der Waals surface area (Å²) in [5.41, 5.74) is 0. The summed E-state index contributed by atoms with van der Waals surface area (Å²) >= 11 is 2.89. The van der Waals surface area contributed by atoms with Crippen LogP contribution in [0, 0.1) is 0 Å². The minimum Gasteiger partial charge on any atom is -0.481 e. The largest absolute Gasteiger partial charge is 0.481 e. The van der Waals surface area contributed by atoms with Gasteiger partial charge in [-0.2, -0.15) is 4.72 Å². The lowest BCUT2D eigenvalue weighted by Crippen LogP contribution is -2.41. The summed E-state index contributed by atoms with van der Waals surface area (Å²) in [4.78, 5) is 21.4. The number of carboxylic acid groups (broad SMARTS) is 2. The standard InChI is InChI=1S/C8H11BrN4O6S/c1-13-7(6(9)10-12-13)20(18,19)11-4(8(16)17)2-3-5(14)15/h4,11H,2-3H2,1H3,(H,14,15)(H,16,17). The smallest absolute Gasteiger partial charge is 0.321 e. The molecule has 0 aromatic carbocycles. The van der Waals surface area contributed by atoms with Crippen LogP contribution in [0.2, 0.25) is 0 Å². The number of aliphatic carboxylic acids is 2. The molecule has 1 rings (SSSR count). The van der Waals surface area contributed by atoms with E-state index in [-0.39, 0.29) is 16.0 Å². The van der Waals surface area contributed by atoms with Gasteiger partial charge in [0.05, 0.1) is 0 Å². The fourth-order valence-electron chi connectivity index (χ4n) is 1.35. The molecule has 1 heterocycles. The molecule has 0 saturated heterocycles. The van der Waals surface area contributed by atoms with Crippen molar-refractivity contribution in [1.29, 1.82) is 0 Å². The second-order valence-electron chi connectivity index (χ2n) is 3.75. The number of carbonyl (C=O) groups is 2. The van der Waals surface area contributed by atoms with Crippen molar-refractivity contribution in [3.63, 3.8) is 0 Å². The van der Waals surface area contributed by atoms with Crippen LogP contribution < -0.4 is 4.72 Å². The molecule has 0 fully saturated rings. The third-order valence-electron chi connectivity index (χ3n) is 2.23. The van der Waals surface area contributed by atoms with Gasteiger partial charge in [-0.1, -0.05) is 5.21 Å². The minimum absolute atomic E-state index is 0.0742. The van der Waals surface area contributed by atoms with E-state index < -0.39 is 34.4 Å². The molecule has 3 N–H and O–H groups in total. The van der Waals surface area contributed by atoms with Crippen molar-refractivity contribution < 1.29 is 28.2 Å². The van der Waals surface area contributed by atoms with Crippen molar-refractivity contribution >= 4 is 37.9 Å². The van der Waals surface area contributed by atoms with Crippen LogP contribution >= 0.6 is 15.9 Å². The zero-order valence-corrected chi connectivity index (χ0v) is 12.5. The quantitative estimate of drug-likeness (QED) is 0.562. The van der Waals surface area contributed by atoms with E-state index in [1.54, 1.807) is 0 Å².